The number of aromatic nitrogens is 3. The highest BCUT2D eigenvalue weighted by Crippen LogP contribution is 2.27. The summed E-state index contributed by atoms with van der Waals surface area (Å²) >= 11 is 0. The van der Waals surface area contributed by atoms with Crippen molar-refractivity contribution in [1.29, 1.82) is 0 Å². The fourth-order valence-electron chi connectivity index (χ4n) is 3.60. The number of carboxylic acid groups (broad SMARTS) is 1. The number of rotatable bonds is 8. The van der Waals surface area contributed by atoms with Crippen LogP contribution >= 0.6 is 0 Å². The quantitative estimate of drug-likeness (QED) is 0.382. The molecule has 8 nitrogen and oxygen atoms in total. The second-order valence-corrected chi connectivity index (χ2v) is 9.21. The zero-order valence-electron chi connectivity index (χ0n) is 18.0. The van der Waals surface area contributed by atoms with Gasteiger partial charge in [-0.15, -0.1) is 5.10 Å². The average molecular weight is 499 g/mol. The molecule has 11 heteroatoms. The van der Waals surface area contributed by atoms with Gasteiger partial charge in [0, 0.05) is 16.3 Å². The molecule has 0 bridgehead atoms. The Morgan fingerprint density at radius 1 is 1.00 bits per heavy atom. The van der Waals surface area contributed by atoms with Crippen molar-refractivity contribution in [3.8, 4) is 0 Å². The van der Waals surface area contributed by atoms with E-state index in [1.54, 1.807) is 24.3 Å². The van der Waals surface area contributed by atoms with Gasteiger partial charge in [-0.1, -0.05) is 29.5 Å². The third-order valence-electron chi connectivity index (χ3n) is 5.52. The van der Waals surface area contributed by atoms with E-state index in [0.29, 0.717) is 10.9 Å². The number of nitrogens with zero attached hydrogens (tertiary/aromatic N) is 3. The topological polar surface area (TPSA) is 122 Å². The first-order valence-electron chi connectivity index (χ1n) is 10.5. The summed E-state index contributed by atoms with van der Waals surface area (Å²) in [6, 6.07) is 15.2. The summed E-state index contributed by atoms with van der Waals surface area (Å²) in [6.45, 7) is -0.0804. The van der Waals surface area contributed by atoms with Gasteiger partial charge in [0.2, 0.25) is 0 Å². The first-order valence-corrected chi connectivity index (χ1v) is 11.6. The van der Waals surface area contributed by atoms with E-state index in [-0.39, 0.29) is 28.3 Å². The maximum atomic E-state index is 13.5. The minimum Gasteiger partial charge on any atom is -0.481 e. The van der Waals surface area contributed by atoms with Crippen molar-refractivity contribution < 1.29 is 28.0 Å². The summed E-state index contributed by atoms with van der Waals surface area (Å²) in [5, 5.41) is 28.5. The number of aliphatic carboxylic acids is 1. The highest BCUT2D eigenvalue weighted by atomic mass is 32.2. The molecule has 3 aromatic carbocycles. The van der Waals surface area contributed by atoms with Crippen molar-refractivity contribution in [2.45, 2.75) is 28.9 Å². The van der Waals surface area contributed by atoms with Crippen LogP contribution in [0.25, 0.3) is 10.9 Å². The number of carboxylic acids is 1. The van der Waals surface area contributed by atoms with Crippen LogP contribution in [0.3, 0.4) is 0 Å². The fourth-order valence-corrected chi connectivity index (χ4v) is 4.65. The lowest BCUT2D eigenvalue weighted by Crippen LogP contribution is -2.29. The number of aliphatic hydroxyl groups excluding tert-OH is 1. The Hall–Kier alpha value is -3.83. The summed E-state index contributed by atoms with van der Waals surface area (Å²) in [5.74, 6) is -4.71. The number of hydrogen-bond donors (Lipinski definition) is 2. The molecule has 1 aromatic heterocycles. The summed E-state index contributed by atoms with van der Waals surface area (Å²) < 4.78 is 40.3. The Labute approximate surface area is 199 Å². The van der Waals surface area contributed by atoms with Gasteiger partial charge in [0.25, 0.3) is 5.56 Å². The van der Waals surface area contributed by atoms with Crippen LogP contribution in [0.4, 0.5) is 8.78 Å². The lowest BCUT2D eigenvalue weighted by Gasteiger charge is -2.20. The molecule has 0 aliphatic carbocycles. The predicted molar refractivity (Wildman–Crippen MR) is 122 cm³/mol. The van der Waals surface area contributed by atoms with Gasteiger partial charge in [0.15, 0.2) is 11.6 Å². The summed E-state index contributed by atoms with van der Waals surface area (Å²) in [7, 11) is -1.81. The van der Waals surface area contributed by atoms with Crippen LogP contribution < -0.4 is 5.56 Å². The van der Waals surface area contributed by atoms with Crippen molar-refractivity contribution in [3.05, 3.63) is 94.3 Å². The minimum atomic E-state index is -1.81. The van der Waals surface area contributed by atoms with E-state index < -0.39 is 46.0 Å². The van der Waals surface area contributed by atoms with Gasteiger partial charge in [0.1, 0.15) is 5.52 Å². The van der Waals surface area contributed by atoms with Crippen LogP contribution in [0.15, 0.2) is 81.3 Å². The molecule has 0 fully saturated rings. The van der Waals surface area contributed by atoms with Crippen LogP contribution in [0.1, 0.15) is 18.1 Å². The number of benzene rings is 3. The lowest BCUT2D eigenvalue weighted by molar-refractivity contribution is -0.146. The third-order valence-corrected chi connectivity index (χ3v) is 6.90. The van der Waals surface area contributed by atoms with Crippen LogP contribution in [-0.4, -0.2) is 35.4 Å². The Morgan fingerprint density at radius 3 is 2.37 bits per heavy atom. The van der Waals surface area contributed by atoms with Crippen molar-refractivity contribution in [2.75, 3.05) is 0 Å². The van der Waals surface area contributed by atoms with Crippen LogP contribution in [0, 0.1) is 17.6 Å². The van der Waals surface area contributed by atoms with Crippen molar-refractivity contribution in [3.63, 3.8) is 0 Å². The van der Waals surface area contributed by atoms with Gasteiger partial charge in [-0.2, -0.15) is 0 Å². The molecule has 0 spiro atoms. The largest absolute Gasteiger partial charge is 0.481 e. The van der Waals surface area contributed by atoms with E-state index >= 15 is 0 Å². The van der Waals surface area contributed by atoms with Crippen LogP contribution in [-0.2, 0) is 22.1 Å². The number of fused-ring (bicyclic) bond motifs is 1. The number of carbonyl (C=O) groups is 1. The van der Waals surface area contributed by atoms with Crippen molar-refractivity contribution >= 4 is 27.7 Å². The molecule has 0 aliphatic rings. The number of halogens is 2. The van der Waals surface area contributed by atoms with Crippen molar-refractivity contribution in [2.24, 2.45) is 5.92 Å². The molecule has 1 heterocycles. The van der Waals surface area contributed by atoms with Gasteiger partial charge in [0.05, 0.1) is 28.2 Å². The molecular formula is C24H19F2N3O5S. The molecule has 4 aromatic rings. The molecular weight excluding hydrogens is 480 g/mol. The molecule has 0 amide bonds. The average Bonchev–Trinajstić information content (AvgIpc) is 2.86. The Balaban J connectivity index is 1.50. The summed E-state index contributed by atoms with van der Waals surface area (Å²) in [4.78, 5) is 24.8. The smallest absolute Gasteiger partial charge is 0.309 e. The normalized spacial score (nSPS) is 13.9. The Bertz CT molecular complexity index is 1480. The van der Waals surface area contributed by atoms with E-state index in [2.05, 4.69) is 10.3 Å². The second-order valence-electron chi connectivity index (χ2n) is 7.73. The van der Waals surface area contributed by atoms with E-state index in [4.69, 9.17) is 0 Å². The standard InChI is InChI=1S/C24H19F2N3O5S/c25-19-10-9-16(13-20(19)26)35(34)15-7-5-14(6-8-15)22(30)18(24(32)33)11-12-29-23(31)17-3-1-2-4-21(17)27-28-29/h1-10,13,18,22,30H,11-12H2,(H,32,33)/t18-,22?,35?/m0/s1. The Morgan fingerprint density at radius 2 is 1.69 bits per heavy atom. The monoisotopic (exact) mass is 499 g/mol. The maximum absolute atomic E-state index is 13.5. The highest BCUT2D eigenvalue weighted by molar-refractivity contribution is 7.85. The summed E-state index contributed by atoms with van der Waals surface area (Å²) in [5.41, 5.74) is 0.253. The maximum Gasteiger partial charge on any atom is 0.309 e. The molecule has 4 rings (SSSR count). The first-order chi connectivity index (χ1) is 16.8. The zero-order chi connectivity index (χ0) is 25.1. The zero-order valence-corrected chi connectivity index (χ0v) is 18.9. The van der Waals surface area contributed by atoms with E-state index in [0.717, 1.165) is 16.8 Å². The molecule has 35 heavy (non-hydrogen) atoms. The van der Waals surface area contributed by atoms with Gasteiger partial charge >= 0.3 is 5.97 Å². The Kier molecular flexibility index (Phi) is 7.08. The molecule has 3 atom stereocenters. The fraction of sp³-hybridized carbons (Fsp3) is 0.167. The molecule has 0 aliphatic heterocycles. The molecule has 0 radical (unpaired) electrons. The molecule has 0 saturated carbocycles. The number of aryl methyl sites for hydroxylation is 1. The number of aliphatic hydroxyl groups is 1. The van der Waals surface area contributed by atoms with Crippen LogP contribution in [0.2, 0.25) is 0 Å². The highest BCUT2D eigenvalue weighted by Gasteiger charge is 2.28. The predicted octanol–water partition coefficient (Wildman–Crippen LogP) is 3.06. The third kappa shape index (κ3) is 5.15. The van der Waals surface area contributed by atoms with Crippen LogP contribution in [0.5, 0.6) is 0 Å². The van der Waals surface area contributed by atoms with Gasteiger partial charge < -0.3 is 10.2 Å². The first kappa shape index (κ1) is 24.3. The second kappa shape index (κ2) is 10.2. The van der Waals surface area contributed by atoms with E-state index in [1.165, 1.54) is 30.3 Å². The lowest BCUT2D eigenvalue weighted by atomic mass is 9.93. The number of hydrogen-bond acceptors (Lipinski definition) is 6. The van der Waals surface area contributed by atoms with Gasteiger partial charge in [-0.25, -0.2) is 17.7 Å². The molecule has 2 N–H and O–H groups in total. The van der Waals surface area contributed by atoms with Gasteiger partial charge in [-0.05, 0) is 54.4 Å². The SMILES string of the molecule is O=C(O)[C@@H](CCn1nnc2ccccc2c1=O)C(O)c1ccc(S(=O)c2ccc(F)c(F)c2)cc1. The molecule has 2 unspecified atom stereocenters. The van der Waals surface area contributed by atoms with E-state index in [1.807, 2.05) is 0 Å². The molecule has 0 saturated heterocycles. The summed E-state index contributed by atoms with van der Waals surface area (Å²) in [6.07, 6.45) is -1.53. The van der Waals surface area contributed by atoms with Gasteiger partial charge in [-0.3, -0.25) is 9.59 Å². The van der Waals surface area contributed by atoms with Crippen molar-refractivity contribution in [1.82, 2.24) is 15.0 Å². The minimum absolute atomic E-state index is 0.0579. The van der Waals surface area contributed by atoms with E-state index in [9.17, 15) is 32.8 Å². The molecule has 180 valence electrons.